The quantitative estimate of drug-likeness (QED) is 0.177. The predicted molar refractivity (Wildman–Crippen MR) is 68.8 cm³/mol. The average molecular weight is 229 g/mol. The molecular weight excluding hydrogens is 202 g/mol. The monoisotopic (exact) mass is 229 g/mol. The molecule has 0 aromatic carbocycles. The summed E-state index contributed by atoms with van der Waals surface area (Å²) in [5, 5.41) is 14.5. The fraction of sp³-hybridized carbons (Fsp3) is 0.917. The molecule has 0 bridgehead atoms. The minimum Gasteiger partial charge on any atom is -0.409 e. The highest BCUT2D eigenvalue weighted by Gasteiger charge is 1.95. The van der Waals surface area contributed by atoms with E-state index in [0.29, 0.717) is 12.3 Å². The lowest BCUT2D eigenvalue weighted by Crippen LogP contribution is -2.23. The molecule has 0 saturated carbocycles. The summed E-state index contributed by atoms with van der Waals surface area (Å²) < 4.78 is 0. The van der Waals surface area contributed by atoms with E-state index in [-0.39, 0.29) is 0 Å². The van der Waals surface area contributed by atoms with Gasteiger partial charge in [-0.1, -0.05) is 44.7 Å². The molecule has 0 radical (unpaired) electrons. The maximum Gasteiger partial charge on any atom is 0.140 e. The number of hydrogen-bond donors (Lipinski definition) is 3. The normalized spacial score (nSPS) is 12.3. The van der Waals surface area contributed by atoms with Crippen molar-refractivity contribution in [1.29, 1.82) is 0 Å². The van der Waals surface area contributed by atoms with Crippen LogP contribution in [-0.2, 0) is 0 Å². The number of hydrogen-bond acceptors (Lipinski definition) is 3. The summed E-state index contributed by atoms with van der Waals surface area (Å²) in [5.74, 6) is 1.13. The fourth-order valence-corrected chi connectivity index (χ4v) is 1.55. The molecule has 4 heteroatoms. The van der Waals surface area contributed by atoms with Crippen molar-refractivity contribution in [2.45, 2.75) is 52.4 Å². The van der Waals surface area contributed by atoms with E-state index < -0.39 is 0 Å². The number of nitrogens with two attached hydrogens (primary N) is 1. The molecule has 0 saturated heterocycles. The highest BCUT2D eigenvalue weighted by Crippen LogP contribution is 2.08. The molecule has 0 atom stereocenters. The maximum absolute atomic E-state index is 8.31. The number of unbranched alkanes of at least 4 members (excludes halogenated alkanes) is 3. The third kappa shape index (κ3) is 11.3. The predicted octanol–water partition coefficient (Wildman–Crippen LogP) is 2.32. The van der Waals surface area contributed by atoms with Gasteiger partial charge in [-0.25, -0.2) is 0 Å². The summed E-state index contributed by atoms with van der Waals surface area (Å²) in [7, 11) is 0. The first-order chi connectivity index (χ1) is 7.66. The van der Waals surface area contributed by atoms with Gasteiger partial charge in [-0.05, 0) is 18.9 Å². The lowest BCUT2D eigenvalue weighted by Gasteiger charge is -2.05. The summed E-state index contributed by atoms with van der Waals surface area (Å²) in [4.78, 5) is 0. The van der Waals surface area contributed by atoms with Crippen LogP contribution in [0.2, 0.25) is 0 Å². The van der Waals surface area contributed by atoms with Gasteiger partial charge >= 0.3 is 0 Å². The fourth-order valence-electron chi connectivity index (χ4n) is 1.55. The van der Waals surface area contributed by atoms with Crippen molar-refractivity contribution >= 4 is 5.84 Å². The Morgan fingerprint density at radius 2 is 1.88 bits per heavy atom. The van der Waals surface area contributed by atoms with Gasteiger partial charge in [-0.2, -0.15) is 0 Å². The van der Waals surface area contributed by atoms with Gasteiger partial charge in [0.2, 0.25) is 0 Å². The Kier molecular flexibility index (Phi) is 10.2. The van der Waals surface area contributed by atoms with Crippen LogP contribution in [0.25, 0.3) is 0 Å². The molecule has 0 aromatic heterocycles. The third-order valence-electron chi connectivity index (χ3n) is 2.57. The number of nitrogens with zero attached hydrogens (tertiary/aromatic N) is 1. The molecule has 16 heavy (non-hydrogen) atoms. The number of amidine groups is 1. The Morgan fingerprint density at radius 1 is 1.19 bits per heavy atom. The molecule has 0 fully saturated rings. The maximum atomic E-state index is 8.31. The molecular formula is C12H27N3O. The summed E-state index contributed by atoms with van der Waals surface area (Å²) in [5.41, 5.74) is 5.34. The van der Waals surface area contributed by atoms with Crippen LogP contribution in [-0.4, -0.2) is 24.1 Å². The first kappa shape index (κ1) is 15.2. The second-order valence-corrected chi connectivity index (χ2v) is 4.69. The molecule has 0 aliphatic heterocycles. The van der Waals surface area contributed by atoms with Crippen molar-refractivity contribution in [3.63, 3.8) is 0 Å². The standard InChI is InChI=1S/C12H27N3O/c1-11(2)7-5-3-4-6-9-14-10-8-12(13)15-16/h11,14,16H,3-10H2,1-2H3,(H2,13,15). The smallest absolute Gasteiger partial charge is 0.140 e. The number of oxime groups is 1. The molecule has 0 unspecified atom stereocenters. The van der Waals surface area contributed by atoms with Crippen LogP contribution in [0.5, 0.6) is 0 Å². The molecule has 0 aliphatic rings. The molecule has 0 amide bonds. The molecule has 0 rings (SSSR count). The van der Waals surface area contributed by atoms with Gasteiger partial charge in [0.15, 0.2) is 0 Å². The zero-order valence-corrected chi connectivity index (χ0v) is 10.7. The van der Waals surface area contributed by atoms with Gasteiger partial charge in [0, 0.05) is 13.0 Å². The van der Waals surface area contributed by atoms with Gasteiger partial charge in [0.1, 0.15) is 5.84 Å². The SMILES string of the molecule is CC(C)CCCCCCNCCC(N)=NO. The van der Waals surface area contributed by atoms with E-state index in [4.69, 9.17) is 10.9 Å². The van der Waals surface area contributed by atoms with Crippen molar-refractivity contribution in [2.24, 2.45) is 16.8 Å². The average Bonchev–Trinajstić information content (AvgIpc) is 2.26. The first-order valence-electron chi connectivity index (χ1n) is 6.34. The van der Waals surface area contributed by atoms with Crippen molar-refractivity contribution in [3.8, 4) is 0 Å². The van der Waals surface area contributed by atoms with Crippen LogP contribution >= 0.6 is 0 Å². The lowest BCUT2D eigenvalue weighted by molar-refractivity contribution is 0.316. The van der Waals surface area contributed by atoms with Gasteiger partial charge < -0.3 is 16.3 Å². The Balaban J connectivity index is 3.04. The Labute approximate surface area is 99.3 Å². The Hall–Kier alpha value is -0.770. The molecule has 0 spiro atoms. The van der Waals surface area contributed by atoms with Crippen molar-refractivity contribution in [2.75, 3.05) is 13.1 Å². The van der Waals surface area contributed by atoms with E-state index in [1.165, 1.54) is 32.1 Å². The zero-order chi connectivity index (χ0) is 12.2. The molecule has 0 aliphatic carbocycles. The number of rotatable bonds is 10. The molecule has 4 nitrogen and oxygen atoms in total. The van der Waals surface area contributed by atoms with E-state index >= 15 is 0 Å². The van der Waals surface area contributed by atoms with Crippen LogP contribution in [0.4, 0.5) is 0 Å². The van der Waals surface area contributed by atoms with Crippen LogP contribution in [0.15, 0.2) is 5.16 Å². The van der Waals surface area contributed by atoms with E-state index in [0.717, 1.165) is 19.0 Å². The minimum absolute atomic E-state index is 0.296. The first-order valence-corrected chi connectivity index (χ1v) is 6.34. The minimum atomic E-state index is 0.296. The lowest BCUT2D eigenvalue weighted by atomic mass is 10.0. The Bertz CT molecular complexity index is 181. The van der Waals surface area contributed by atoms with Crippen LogP contribution in [0, 0.1) is 5.92 Å². The highest BCUT2D eigenvalue weighted by atomic mass is 16.4. The topological polar surface area (TPSA) is 70.6 Å². The molecule has 0 aromatic rings. The van der Waals surface area contributed by atoms with Gasteiger partial charge in [-0.15, -0.1) is 0 Å². The van der Waals surface area contributed by atoms with Gasteiger partial charge in [0.25, 0.3) is 0 Å². The zero-order valence-electron chi connectivity index (χ0n) is 10.7. The second kappa shape index (κ2) is 10.7. The van der Waals surface area contributed by atoms with E-state index in [2.05, 4.69) is 24.3 Å². The van der Waals surface area contributed by atoms with Crippen LogP contribution in [0.1, 0.15) is 52.4 Å². The Morgan fingerprint density at radius 3 is 2.50 bits per heavy atom. The van der Waals surface area contributed by atoms with E-state index in [1.807, 2.05) is 0 Å². The van der Waals surface area contributed by atoms with Gasteiger partial charge in [-0.3, -0.25) is 0 Å². The van der Waals surface area contributed by atoms with E-state index in [1.54, 1.807) is 0 Å². The van der Waals surface area contributed by atoms with Gasteiger partial charge in [0.05, 0.1) is 0 Å². The molecule has 96 valence electrons. The molecule has 4 N–H and O–H groups in total. The van der Waals surface area contributed by atoms with Crippen LogP contribution in [0.3, 0.4) is 0 Å². The van der Waals surface area contributed by atoms with Crippen molar-refractivity contribution in [3.05, 3.63) is 0 Å². The number of nitrogens with one attached hydrogen (secondary N) is 1. The molecule has 0 heterocycles. The van der Waals surface area contributed by atoms with Crippen molar-refractivity contribution in [1.82, 2.24) is 5.32 Å². The summed E-state index contributed by atoms with van der Waals surface area (Å²) >= 11 is 0. The van der Waals surface area contributed by atoms with Crippen molar-refractivity contribution < 1.29 is 5.21 Å². The second-order valence-electron chi connectivity index (χ2n) is 4.69. The summed E-state index contributed by atoms with van der Waals surface area (Å²) in [6, 6.07) is 0. The van der Waals surface area contributed by atoms with Crippen LogP contribution < -0.4 is 11.1 Å². The summed E-state index contributed by atoms with van der Waals surface area (Å²) in [6.07, 6.45) is 7.15. The highest BCUT2D eigenvalue weighted by molar-refractivity contribution is 5.79. The third-order valence-corrected chi connectivity index (χ3v) is 2.57. The summed E-state index contributed by atoms with van der Waals surface area (Å²) in [6.45, 7) is 6.37. The van der Waals surface area contributed by atoms with E-state index in [9.17, 15) is 0 Å². The largest absolute Gasteiger partial charge is 0.409 e.